The molecule has 4 rings (SSSR count). The molecule has 2 heterocycles. The van der Waals surface area contributed by atoms with Gasteiger partial charge in [-0.25, -0.2) is 4.68 Å². The van der Waals surface area contributed by atoms with Crippen LogP contribution in [0, 0.1) is 19.8 Å². The number of nitrogens with one attached hydrogen (secondary N) is 1. The maximum atomic E-state index is 12.9. The molecular formula is C26H31ClN4O. The molecule has 1 aliphatic rings. The highest BCUT2D eigenvalue weighted by molar-refractivity contribution is 6.33. The molecule has 2 aromatic carbocycles. The number of hydrogen-bond donors (Lipinski definition) is 1. The van der Waals surface area contributed by atoms with Crippen LogP contribution in [-0.4, -0.2) is 33.7 Å². The average molecular weight is 451 g/mol. The van der Waals surface area contributed by atoms with Crippen LogP contribution in [0.5, 0.6) is 0 Å². The van der Waals surface area contributed by atoms with Gasteiger partial charge < -0.3 is 5.32 Å². The summed E-state index contributed by atoms with van der Waals surface area (Å²) in [4.78, 5) is 15.5. The first-order valence-corrected chi connectivity index (χ1v) is 11.7. The standard InChI is InChI=1S/C26H31ClN4O/c1-18-6-8-22(9-7-18)17-31-25(27)24(20(3)29-31)26(32)28-23-12-10-21(11-13-23)16-30-14-4-5-19(2)15-30/h6-13,19H,4-5,14-17H2,1-3H3,(H,28,32). The summed E-state index contributed by atoms with van der Waals surface area (Å²) in [6.07, 6.45) is 2.60. The topological polar surface area (TPSA) is 50.2 Å². The Morgan fingerprint density at radius 3 is 2.41 bits per heavy atom. The van der Waals surface area contributed by atoms with Crippen molar-refractivity contribution in [1.82, 2.24) is 14.7 Å². The minimum atomic E-state index is -0.236. The minimum Gasteiger partial charge on any atom is -0.322 e. The summed E-state index contributed by atoms with van der Waals surface area (Å²) < 4.78 is 1.68. The van der Waals surface area contributed by atoms with E-state index < -0.39 is 0 Å². The Kier molecular flexibility index (Phi) is 6.97. The first-order valence-electron chi connectivity index (χ1n) is 11.3. The molecule has 1 saturated heterocycles. The van der Waals surface area contributed by atoms with Gasteiger partial charge in [-0.2, -0.15) is 5.10 Å². The Balaban J connectivity index is 1.41. The third kappa shape index (κ3) is 5.40. The molecule has 5 nitrogen and oxygen atoms in total. The van der Waals surface area contributed by atoms with Gasteiger partial charge in [0, 0.05) is 18.8 Å². The molecule has 6 heteroatoms. The average Bonchev–Trinajstić information content (AvgIpc) is 3.04. The van der Waals surface area contributed by atoms with Crippen LogP contribution in [0.3, 0.4) is 0 Å². The summed E-state index contributed by atoms with van der Waals surface area (Å²) >= 11 is 6.55. The highest BCUT2D eigenvalue weighted by Crippen LogP contribution is 2.23. The molecule has 0 aliphatic carbocycles. The molecule has 0 spiro atoms. The van der Waals surface area contributed by atoms with Crippen LogP contribution in [0.15, 0.2) is 48.5 Å². The second kappa shape index (κ2) is 9.88. The zero-order chi connectivity index (χ0) is 22.7. The van der Waals surface area contributed by atoms with Crippen molar-refractivity contribution in [3.05, 3.63) is 81.6 Å². The number of nitrogens with zero attached hydrogens (tertiary/aromatic N) is 3. The molecule has 1 aliphatic heterocycles. The van der Waals surface area contributed by atoms with Crippen LogP contribution < -0.4 is 5.32 Å². The monoisotopic (exact) mass is 450 g/mol. The number of benzene rings is 2. The third-order valence-corrected chi connectivity index (χ3v) is 6.49. The lowest BCUT2D eigenvalue weighted by Gasteiger charge is -2.30. The van der Waals surface area contributed by atoms with Crippen LogP contribution in [0.1, 0.15) is 52.5 Å². The van der Waals surface area contributed by atoms with E-state index in [0.717, 1.165) is 36.8 Å². The van der Waals surface area contributed by atoms with Gasteiger partial charge in [-0.1, -0.05) is 60.5 Å². The van der Waals surface area contributed by atoms with E-state index >= 15 is 0 Å². The number of anilines is 1. The van der Waals surface area contributed by atoms with Gasteiger partial charge >= 0.3 is 0 Å². The molecule has 32 heavy (non-hydrogen) atoms. The first-order chi connectivity index (χ1) is 15.4. The first kappa shape index (κ1) is 22.6. The van der Waals surface area contributed by atoms with Gasteiger partial charge in [0.1, 0.15) is 5.15 Å². The van der Waals surface area contributed by atoms with Gasteiger partial charge in [-0.05, 0) is 62.4 Å². The second-order valence-corrected chi connectivity index (χ2v) is 9.39. The van der Waals surface area contributed by atoms with E-state index in [1.807, 2.05) is 19.1 Å². The van der Waals surface area contributed by atoms with Crippen LogP contribution in [-0.2, 0) is 13.1 Å². The van der Waals surface area contributed by atoms with Crippen LogP contribution in [0.25, 0.3) is 0 Å². The molecule has 1 unspecified atom stereocenters. The Morgan fingerprint density at radius 1 is 1.06 bits per heavy atom. The number of aromatic nitrogens is 2. The van der Waals surface area contributed by atoms with Crippen molar-refractivity contribution in [2.75, 3.05) is 18.4 Å². The summed E-state index contributed by atoms with van der Waals surface area (Å²) in [5, 5.41) is 7.82. The zero-order valence-corrected chi connectivity index (χ0v) is 19.8. The van der Waals surface area contributed by atoms with Crippen LogP contribution in [0.4, 0.5) is 5.69 Å². The molecule has 1 N–H and O–H groups in total. The minimum absolute atomic E-state index is 0.236. The highest BCUT2D eigenvalue weighted by atomic mass is 35.5. The molecule has 0 radical (unpaired) electrons. The van der Waals surface area contributed by atoms with Crippen LogP contribution in [0.2, 0.25) is 5.15 Å². The predicted molar refractivity (Wildman–Crippen MR) is 130 cm³/mol. The van der Waals surface area contributed by atoms with Crippen molar-refractivity contribution in [3.63, 3.8) is 0 Å². The fourth-order valence-corrected chi connectivity index (χ4v) is 4.68. The number of halogens is 1. The van der Waals surface area contributed by atoms with Gasteiger partial charge in [-0.15, -0.1) is 0 Å². The van der Waals surface area contributed by atoms with E-state index in [1.54, 1.807) is 4.68 Å². The van der Waals surface area contributed by atoms with Gasteiger partial charge in [-0.3, -0.25) is 9.69 Å². The van der Waals surface area contributed by atoms with E-state index in [2.05, 4.69) is 65.6 Å². The molecule has 0 bridgehead atoms. The molecule has 168 valence electrons. The van der Waals surface area contributed by atoms with Crippen molar-refractivity contribution in [3.8, 4) is 0 Å². The Bertz CT molecular complexity index is 1070. The molecule has 1 fully saturated rings. The Hall–Kier alpha value is -2.63. The largest absolute Gasteiger partial charge is 0.322 e. The number of likely N-dealkylation sites (tertiary alicyclic amines) is 1. The SMILES string of the molecule is Cc1ccc(Cn2nc(C)c(C(=O)Nc3ccc(CN4CCCC(C)C4)cc3)c2Cl)cc1. The van der Waals surface area contributed by atoms with Gasteiger partial charge in [0.15, 0.2) is 0 Å². The van der Waals surface area contributed by atoms with E-state index in [0.29, 0.717) is 23.0 Å². The molecule has 1 aromatic heterocycles. The smallest absolute Gasteiger partial charge is 0.260 e. The van der Waals surface area contributed by atoms with Gasteiger partial charge in [0.05, 0.1) is 17.8 Å². The maximum absolute atomic E-state index is 12.9. The van der Waals surface area contributed by atoms with Crippen LogP contribution >= 0.6 is 11.6 Å². The van der Waals surface area contributed by atoms with Crippen molar-refractivity contribution in [2.45, 2.75) is 46.7 Å². The highest BCUT2D eigenvalue weighted by Gasteiger charge is 2.21. The zero-order valence-electron chi connectivity index (χ0n) is 19.1. The van der Waals surface area contributed by atoms with Crippen molar-refractivity contribution >= 4 is 23.2 Å². The van der Waals surface area contributed by atoms with Crippen molar-refractivity contribution in [1.29, 1.82) is 0 Å². The Morgan fingerprint density at radius 2 is 1.72 bits per heavy atom. The lowest BCUT2D eigenvalue weighted by Crippen LogP contribution is -2.33. The quantitative estimate of drug-likeness (QED) is 0.525. The number of hydrogen-bond acceptors (Lipinski definition) is 3. The summed E-state index contributed by atoms with van der Waals surface area (Å²) in [7, 11) is 0. The number of aryl methyl sites for hydroxylation is 2. The third-order valence-electron chi connectivity index (χ3n) is 6.10. The molecular weight excluding hydrogens is 420 g/mol. The number of piperidine rings is 1. The molecule has 0 saturated carbocycles. The van der Waals surface area contributed by atoms with E-state index in [9.17, 15) is 4.79 Å². The predicted octanol–water partition coefficient (Wildman–Crippen LogP) is 5.69. The van der Waals surface area contributed by atoms with E-state index in [4.69, 9.17) is 11.6 Å². The van der Waals surface area contributed by atoms with E-state index in [-0.39, 0.29) is 5.91 Å². The summed E-state index contributed by atoms with van der Waals surface area (Å²) in [5.41, 5.74) is 5.35. The number of carbonyl (C=O) groups excluding carboxylic acids is 1. The van der Waals surface area contributed by atoms with Crippen molar-refractivity contribution < 1.29 is 4.79 Å². The summed E-state index contributed by atoms with van der Waals surface area (Å²) in [6, 6.07) is 16.3. The Labute approximate surface area is 195 Å². The number of rotatable bonds is 6. The molecule has 3 aromatic rings. The fraction of sp³-hybridized carbons (Fsp3) is 0.385. The molecule has 1 atom stereocenters. The summed E-state index contributed by atoms with van der Waals surface area (Å²) in [6.45, 7) is 9.98. The normalized spacial score (nSPS) is 16.8. The second-order valence-electron chi connectivity index (χ2n) is 9.03. The number of amides is 1. The van der Waals surface area contributed by atoms with Gasteiger partial charge in [0.25, 0.3) is 5.91 Å². The van der Waals surface area contributed by atoms with E-state index in [1.165, 1.54) is 24.0 Å². The summed E-state index contributed by atoms with van der Waals surface area (Å²) in [5.74, 6) is 0.530. The molecule has 1 amide bonds. The fourth-order valence-electron chi connectivity index (χ4n) is 4.36. The maximum Gasteiger partial charge on any atom is 0.260 e. The lowest BCUT2D eigenvalue weighted by atomic mass is 10.00. The van der Waals surface area contributed by atoms with Crippen molar-refractivity contribution in [2.24, 2.45) is 5.92 Å². The lowest BCUT2D eigenvalue weighted by molar-refractivity contribution is 0.102. The van der Waals surface area contributed by atoms with Gasteiger partial charge in [0.2, 0.25) is 0 Å². The number of carbonyl (C=O) groups is 1.